The van der Waals surface area contributed by atoms with Crippen LogP contribution in [0.25, 0.3) is 0 Å². The van der Waals surface area contributed by atoms with Crippen LogP contribution in [0.5, 0.6) is 0 Å². The largest absolute Gasteiger partial charge is 0.394 e. The summed E-state index contributed by atoms with van der Waals surface area (Å²) in [6, 6.07) is 6.08. The highest BCUT2D eigenvalue weighted by Gasteiger charge is 2.28. The van der Waals surface area contributed by atoms with Crippen molar-refractivity contribution in [2.75, 3.05) is 6.54 Å². The maximum Gasteiger partial charge on any atom is 0.232 e. The molecule has 0 unspecified atom stereocenters. The van der Waals surface area contributed by atoms with Crippen LogP contribution in [-0.4, -0.2) is 24.3 Å². The monoisotopic (exact) mass is 367 g/mol. The molecule has 5 nitrogen and oxygen atoms in total. The number of halogens is 2. The lowest BCUT2D eigenvalue weighted by molar-refractivity contribution is -0.127. The predicted octanol–water partition coefficient (Wildman–Crippen LogP) is 2.48. The van der Waals surface area contributed by atoms with E-state index in [1.54, 1.807) is 0 Å². The van der Waals surface area contributed by atoms with Crippen molar-refractivity contribution in [3.05, 3.63) is 45.2 Å². The molecule has 1 fully saturated rings. The van der Waals surface area contributed by atoms with Crippen molar-refractivity contribution in [3.63, 3.8) is 0 Å². The molecule has 128 valence electrons. The van der Waals surface area contributed by atoms with Gasteiger partial charge in [0.15, 0.2) is 5.78 Å². The van der Waals surface area contributed by atoms with Crippen LogP contribution >= 0.6 is 23.2 Å². The Morgan fingerprint density at radius 2 is 2.00 bits per heavy atom. The van der Waals surface area contributed by atoms with Crippen LogP contribution in [0.3, 0.4) is 0 Å². The van der Waals surface area contributed by atoms with Gasteiger partial charge in [0.05, 0.1) is 27.9 Å². The SMILES string of the molecule is NC1=C(CN[C@@H]2CC[C@H](c3ccc(Cl)c(Cl)c3)C2)NC(=O)CC1=O. The van der Waals surface area contributed by atoms with Crippen molar-refractivity contribution in [3.8, 4) is 0 Å². The number of benzene rings is 1. The quantitative estimate of drug-likeness (QED) is 0.713. The zero-order valence-corrected chi connectivity index (χ0v) is 14.6. The molecule has 0 aromatic heterocycles. The minimum atomic E-state index is -0.310. The van der Waals surface area contributed by atoms with E-state index in [-0.39, 0.29) is 23.8 Å². The molecule has 0 radical (unpaired) electrons. The summed E-state index contributed by atoms with van der Waals surface area (Å²) < 4.78 is 0. The number of Topliss-reactive ketones (excluding diaryl/α,β-unsaturated/α-hetero) is 1. The third-order valence-corrected chi connectivity index (χ3v) is 5.39. The van der Waals surface area contributed by atoms with E-state index < -0.39 is 0 Å². The van der Waals surface area contributed by atoms with Gasteiger partial charge in [-0.3, -0.25) is 9.59 Å². The maximum atomic E-state index is 11.6. The van der Waals surface area contributed by atoms with Crippen LogP contribution < -0.4 is 16.4 Å². The summed E-state index contributed by atoms with van der Waals surface area (Å²) in [6.07, 6.45) is 2.86. The molecule has 4 N–H and O–H groups in total. The van der Waals surface area contributed by atoms with Crippen molar-refractivity contribution in [1.29, 1.82) is 0 Å². The van der Waals surface area contributed by atoms with Gasteiger partial charge in [0.1, 0.15) is 0 Å². The molecule has 7 heteroatoms. The van der Waals surface area contributed by atoms with Gasteiger partial charge in [-0.1, -0.05) is 29.3 Å². The molecule has 1 amide bonds. The van der Waals surface area contributed by atoms with Gasteiger partial charge in [-0.25, -0.2) is 0 Å². The molecule has 2 aliphatic rings. The number of nitrogens with one attached hydrogen (secondary N) is 2. The van der Waals surface area contributed by atoms with Crippen molar-refractivity contribution in [1.82, 2.24) is 10.6 Å². The number of carbonyl (C=O) groups is 2. The molecule has 3 rings (SSSR count). The minimum absolute atomic E-state index is 0.154. The Morgan fingerprint density at radius 1 is 1.21 bits per heavy atom. The average molecular weight is 368 g/mol. The summed E-state index contributed by atoms with van der Waals surface area (Å²) in [5.41, 5.74) is 7.59. The summed E-state index contributed by atoms with van der Waals surface area (Å²) in [6.45, 7) is 0.391. The highest BCUT2D eigenvalue weighted by Crippen LogP contribution is 2.36. The lowest BCUT2D eigenvalue weighted by Crippen LogP contribution is -2.41. The molecular weight excluding hydrogens is 349 g/mol. The van der Waals surface area contributed by atoms with Gasteiger partial charge < -0.3 is 16.4 Å². The van der Waals surface area contributed by atoms with Gasteiger partial charge in [0, 0.05) is 12.6 Å². The van der Waals surface area contributed by atoms with E-state index in [1.807, 2.05) is 18.2 Å². The van der Waals surface area contributed by atoms with Crippen LogP contribution in [0.2, 0.25) is 10.0 Å². The number of hydrogen-bond donors (Lipinski definition) is 3. The first-order valence-electron chi connectivity index (χ1n) is 7.94. The average Bonchev–Trinajstić information content (AvgIpc) is 3.01. The van der Waals surface area contributed by atoms with Crippen molar-refractivity contribution < 1.29 is 9.59 Å². The van der Waals surface area contributed by atoms with Gasteiger partial charge in [-0.15, -0.1) is 0 Å². The van der Waals surface area contributed by atoms with Crippen LogP contribution in [0, 0.1) is 0 Å². The standard InChI is InChI=1S/C17H19Cl2N3O2/c18-12-4-2-10(6-13(12)19)9-1-3-11(5-9)21-8-14-17(20)15(23)7-16(24)22-14/h2,4,6,9,11,21H,1,3,5,7-8,20H2,(H,22,24)/t9-,11+/m0/s1. The number of nitrogens with two attached hydrogens (primary N) is 1. The van der Waals surface area contributed by atoms with Crippen LogP contribution in [-0.2, 0) is 9.59 Å². The minimum Gasteiger partial charge on any atom is -0.394 e. The van der Waals surface area contributed by atoms with Gasteiger partial charge in [-0.05, 0) is 42.9 Å². The highest BCUT2D eigenvalue weighted by atomic mass is 35.5. The number of hydrogen-bond acceptors (Lipinski definition) is 4. The smallest absolute Gasteiger partial charge is 0.232 e. The highest BCUT2D eigenvalue weighted by molar-refractivity contribution is 6.42. The molecule has 1 heterocycles. The second-order valence-corrected chi connectivity index (χ2v) is 7.12. The fourth-order valence-corrected chi connectivity index (χ4v) is 3.62. The third kappa shape index (κ3) is 3.74. The molecule has 0 spiro atoms. The van der Waals surface area contributed by atoms with E-state index in [0.717, 1.165) is 19.3 Å². The topological polar surface area (TPSA) is 84.2 Å². The van der Waals surface area contributed by atoms with E-state index in [0.29, 0.717) is 34.2 Å². The van der Waals surface area contributed by atoms with Crippen molar-refractivity contribution in [2.24, 2.45) is 5.73 Å². The Morgan fingerprint density at radius 3 is 2.75 bits per heavy atom. The fourth-order valence-electron chi connectivity index (χ4n) is 3.31. The lowest BCUT2D eigenvalue weighted by atomic mass is 9.97. The molecular formula is C17H19Cl2N3O2. The zero-order chi connectivity index (χ0) is 17.3. The molecule has 1 aliphatic heterocycles. The van der Waals surface area contributed by atoms with Gasteiger partial charge >= 0.3 is 0 Å². The molecule has 24 heavy (non-hydrogen) atoms. The van der Waals surface area contributed by atoms with Gasteiger partial charge in [-0.2, -0.15) is 0 Å². The van der Waals surface area contributed by atoms with Gasteiger partial charge in [0.2, 0.25) is 5.91 Å². The summed E-state index contributed by atoms with van der Waals surface area (Å²) in [5.74, 6) is -0.187. The van der Waals surface area contributed by atoms with Crippen LogP contribution in [0.4, 0.5) is 0 Å². The molecule has 1 saturated carbocycles. The second kappa shape index (κ2) is 7.13. The first kappa shape index (κ1) is 17.3. The van der Waals surface area contributed by atoms with E-state index in [4.69, 9.17) is 28.9 Å². The number of amides is 1. The summed E-state index contributed by atoms with van der Waals surface area (Å²) >= 11 is 12.1. The Labute approximate surface area is 150 Å². The molecule has 1 aromatic carbocycles. The summed E-state index contributed by atoms with van der Waals surface area (Å²) in [5, 5.41) is 7.20. The lowest BCUT2D eigenvalue weighted by Gasteiger charge is -2.20. The Hall–Kier alpha value is -1.56. The first-order chi connectivity index (χ1) is 11.4. The molecule has 1 aliphatic carbocycles. The van der Waals surface area contributed by atoms with E-state index >= 15 is 0 Å². The van der Waals surface area contributed by atoms with Gasteiger partial charge in [0.25, 0.3) is 0 Å². The molecule has 2 atom stereocenters. The maximum absolute atomic E-state index is 11.6. The van der Waals surface area contributed by atoms with Crippen LogP contribution in [0.1, 0.15) is 37.2 Å². The van der Waals surface area contributed by atoms with Crippen molar-refractivity contribution >= 4 is 34.9 Å². The summed E-state index contributed by atoms with van der Waals surface area (Å²) in [7, 11) is 0. The van der Waals surface area contributed by atoms with Crippen molar-refractivity contribution in [2.45, 2.75) is 37.6 Å². The third-order valence-electron chi connectivity index (χ3n) is 4.65. The van der Waals surface area contributed by atoms with E-state index in [9.17, 15) is 9.59 Å². The molecule has 0 saturated heterocycles. The zero-order valence-electron chi connectivity index (χ0n) is 13.1. The predicted molar refractivity (Wildman–Crippen MR) is 93.8 cm³/mol. The normalized spacial score (nSPS) is 24.4. The number of rotatable bonds is 4. The van der Waals surface area contributed by atoms with E-state index in [1.165, 1.54) is 5.56 Å². The Bertz CT molecular complexity index is 718. The molecule has 0 bridgehead atoms. The van der Waals surface area contributed by atoms with E-state index in [2.05, 4.69) is 10.6 Å². The fraction of sp³-hybridized carbons (Fsp3) is 0.412. The summed E-state index contributed by atoms with van der Waals surface area (Å²) in [4.78, 5) is 23.1. The number of allylic oxidation sites excluding steroid dienone is 1. The van der Waals surface area contributed by atoms with Crippen LogP contribution in [0.15, 0.2) is 29.6 Å². The number of carbonyl (C=O) groups excluding carboxylic acids is 2. The molecule has 1 aromatic rings. The second-order valence-electron chi connectivity index (χ2n) is 6.30. The Kier molecular flexibility index (Phi) is 5.13. The first-order valence-corrected chi connectivity index (χ1v) is 8.69. The number of ketones is 1. The Balaban J connectivity index is 1.58.